The molecule has 0 amide bonds. The molecule has 2 nitrogen and oxygen atoms in total. The van der Waals surface area contributed by atoms with Crippen LogP contribution in [0.2, 0.25) is 0 Å². The second-order valence-electron chi connectivity index (χ2n) is 3.46. The monoisotopic (exact) mass is 178 g/mol. The number of aromatic hydroxyl groups is 1. The molecular weight excluding hydrogens is 164 g/mol. The van der Waals surface area contributed by atoms with Gasteiger partial charge in [0.15, 0.2) is 0 Å². The lowest BCUT2D eigenvalue weighted by Crippen LogP contribution is -2.13. The minimum atomic E-state index is 0.288. The third-order valence-electron chi connectivity index (χ3n) is 2.65. The highest BCUT2D eigenvalue weighted by Crippen LogP contribution is 2.37. The first-order valence-electron chi connectivity index (χ1n) is 4.77. The number of phenols is 1. The number of phenolic OH excluding ortho intramolecular Hbond substituents is 1. The molecule has 1 aromatic carbocycles. The van der Waals surface area contributed by atoms with Crippen LogP contribution in [0.1, 0.15) is 31.2 Å². The number of fused-ring (bicyclic) bond motifs is 1. The fourth-order valence-corrected chi connectivity index (χ4v) is 1.88. The Morgan fingerprint density at radius 3 is 3.15 bits per heavy atom. The van der Waals surface area contributed by atoms with Crippen LogP contribution in [-0.2, 0) is 0 Å². The van der Waals surface area contributed by atoms with Crippen molar-refractivity contribution in [2.75, 3.05) is 6.61 Å². The predicted octanol–water partition coefficient (Wildman–Crippen LogP) is 2.67. The number of hydrogen-bond acceptors (Lipinski definition) is 2. The van der Waals surface area contributed by atoms with E-state index in [2.05, 4.69) is 6.92 Å². The molecule has 2 rings (SSSR count). The van der Waals surface area contributed by atoms with E-state index in [0.29, 0.717) is 5.92 Å². The maximum atomic E-state index is 9.27. The van der Waals surface area contributed by atoms with Gasteiger partial charge in [-0.2, -0.15) is 0 Å². The number of ether oxygens (including phenoxy) is 1. The highest BCUT2D eigenvalue weighted by molar-refractivity contribution is 5.43. The van der Waals surface area contributed by atoms with E-state index in [1.807, 2.05) is 6.07 Å². The maximum Gasteiger partial charge on any atom is 0.126 e. The zero-order chi connectivity index (χ0) is 9.26. The Kier molecular flexibility index (Phi) is 2.13. The van der Waals surface area contributed by atoms with Gasteiger partial charge < -0.3 is 9.84 Å². The molecule has 0 saturated carbocycles. The summed E-state index contributed by atoms with van der Waals surface area (Å²) in [5.41, 5.74) is 1.24. The normalized spacial score (nSPS) is 20.5. The molecule has 1 aliphatic rings. The zero-order valence-corrected chi connectivity index (χ0v) is 7.79. The van der Waals surface area contributed by atoms with Crippen molar-refractivity contribution in [3.8, 4) is 11.5 Å². The topological polar surface area (TPSA) is 29.5 Å². The van der Waals surface area contributed by atoms with Crippen molar-refractivity contribution in [2.45, 2.75) is 25.7 Å². The second-order valence-corrected chi connectivity index (χ2v) is 3.46. The Morgan fingerprint density at radius 1 is 1.54 bits per heavy atom. The molecule has 1 aliphatic heterocycles. The van der Waals surface area contributed by atoms with Gasteiger partial charge in [-0.15, -0.1) is 0 Å². The average molecular weight is 178 g/mol. The van der Waals surface area contributed by atoms with E-state index in [1.165, 1.54) is 5.56 Å². The minimum Gasteiger partial charge on any atom is -0.508 e. The van der Waals surface area contributed by atoms with Crippen molar-refractivity contribution in [1.82, 2.24) is 0 Å². The maximum absolute atomic E-state index is 9.27. The standard InChI is InChI=1S/C11H14O2/c1-2-8-5-6-13-11-7-9(12)3-4-10(8)11/h3-4,7-8,12H,2,5-6H2,1H3. The summed E-state index contributed by atoms with van der Waals surface area (Å²) in [4.78, 5) is 0. The van der Waals surface area contributed by atoms with Crippen LogP contribution in [0, 0.1) is 0 Å². The van der Waals surface area contributed by atoms with Crippen LogP contribution >= 0.6 is 0 Å². The van der Waals surface area contributed by atoms with E-state index in [-0.39, 0.29) is 5.75 Å². The van der Waals surface area contributed by atoms with Crippen molar-refractivity contribution < 1.29 is 9.84 Å². The number of rotatable bonds is 1. The third-order valence-corrected chi connectivity index (χ3v) is 2.65. The lowest BCUT2D eigenvalue weighted by atomic mass is 9.91. The number of benzene rings is 1. The van der Waals surface area contributed by atoms with E-state index in [0.717, 1.165) is 25.2 Å². The first-order valence-corrected chi connectivity index (χ1v) is 4.77. The van der Waals surface area contributed by atoms with Crippen LogP contribution < -0.4 is 4.74 Å². The predicted molar refractivity (Wildman–Crippen MR) is 51.3 cm³/mol. The minimum absolute atomic E-state index is 0.288. The SMILES string of the molecule is CCC1CCOc2cc(O)ccc21. The van der Waals surface area contributed by atoms with Gasteiger partial charge >= 0.3 is 0 Å². The quantitative estimate of drug-likeness (QED) is 0.716. The lowest BCUT2D eigenvalue weighted by Gasteiger charge is -2.24. The smallest absolute Gasteiger partial charge is 0.126 e. The van der Waals surface area contributed by atoms with E-state index in [1.54, 1.807) is 12.1 Å². The van der Waals surface area contributed by atoms with Gasteiger partial charge in [-0.25, -0.2) is 0 Å². The summed E-state index contributed by atoms with van der Waals surface area (Å²) in [6.07, 6.45) is 2.23. The first kappa shape index (κ1) is 8.42. The summed E-state index contributed by atoms with van der Waals surface area (Å²) in [6.45, 7) is 2.96. The van der Waals surface area contributed by atoms with Gasteiger partial charge in [0, 0.05) is 6.07 Å². The van der Waals surface area contributed by atoms with Crippen molar-refractivity contribution in [3.63, 3.8) is 0 Å². The molecule has 1 unspecified atom stereocenters. The highest BCUT2D eigenvalue weighted by Gasteiger charge is 2.19. The summed E-state index contributed by atoms with van der Waals surface area (Å²) in [7, 11) is 0. The molecule has 0 radical (unpaired) electrons. The van der Waals surface area contributed by atoms with Crippen molar-refractivity contribution >= 4 is 0 Å². The fraction of sp³-hybridized carbons (Fsp3) is 0.455. The van der Waals surface area contributed by atoms with Gasteiger partial charge in [-0.3, -0.25) is 0 Å². The van der Waals surface area contributed by atoms with E-state index >= 15 is 0 Å². The van der Waals surface area contributed by atoms with Crippen LogP contribution in [0.3, 0.4) is 0 Å². The lowest BCUT2D eigenvalue weighted by molar-refractivity contribution is 0.264. The molecule has 70 valence electrons. The Hall–Kier alpha value is -1.18. The molecule has 1 atom stereocenters. The van der Waals surface area contributed by atoms with Crippen LogP contribution in [0.5, 0.6) is 11.5 Å². The Bertz CT molecular complexity index is 307. The summed E-state index contributed by atoms with van der Waals surface area (Å²) in [5, 5.41) is 9.27. The molecule has 1 N–H and O–H groups in total. The van der Waals surface area contributed by atoms with Crippen LogP contribution in [0.15, 0.2) is 18.2 Å². The molecule has 1 aromatic rings. The van der Waals surface area contributed by atoms with Gasteiger partial charge in [0.05, 0.1) is 6.61 Å². The Balaban J connectivity index is 2.40. The molecule has 0 bridgehead atoms. The Labute approximate surface area is 78.2 Å². The first-order chi connectivity index (χ1) is 6.31. The molecule has 1 heterocycles. The molecule has 0 aromatic heterocycles. The van der Waals surface area contributed by atoms with Gasteiger partial charge in [-0.1, -0.05) is 13.0 Å². The second kappa shape index (κ2) is 3.29. The van der Waals surface area contributed by atoms with Gasteiger partial charge in [-0.05, 0) is 30.4 Å². The highest BCUT2D eigenvalue weighted by atomic mass is 16.5. The summed E-state index contributed by atoms with van der Waals surface area (Å²) >= 11 is 0. The Morgan fingerprint density at radius 2 is 2.38 bits per heavy atom. The molecule has 2 heteroatoms. The zero-order valence-electron chi connectivity index (χ0n) is 7.79. The average Bonchev–Trinajstić information content (AvgIpc) is 2.16. The third kappa shape index (κ3) is 1.48. The molecule has 0 saturated heterocycles. The fourth-order valence-electron chi connectivity index (χ4n) is 1.88. The summed E-state index contributed by atoms with van der Waals surface area (Å²) in [5.74, 6) is 1.75. The van der Waals surface area contributed by atoms with Crippen LogP contribution in [-0.4, -0.2) is 11.7 Å². The van der Waals surface area contributed by atoms with Gasteiger partial charge in [0.1, 0.15) is 11.5 Å². The van der Waals surface area contributed by atoms with Gasteiger partial charge in [0.25, 0.3) is 0 Å². The van der Waals surface area contributed by atoms with Crippen molar-refractivity contribution in [1.29, 1.82) is 0 Å². The van der Waals surface area contributed by atoms with E-state index < -0.39 is 0 Å². The summed E-state index contributed by atoms with van der Waals surface area (Å²) in [6, 6.07) is 5.41. The van der Waals surface area contributed by atoms with E-state index in [9.17, 15) is 5.11 Å². The van der Waals surface area contributed by atoms with Gasteiger partial charge in [0.2, 0.25) is 0 Å². The van der Waals surface area contributed by atoms with Crippen LogP contribution in [0.25, 0.3) is 0 Å². The molecule has 0 fully saturated rings. The summed E-state index contributed by atoms with van der Waals surface area (Å²) < 4.78 is 5.48. The van der Waals surface area contributed by atoms with E-state index in [4.69, 9.17) is 4.74 Å². The van der Waals surface area contributed by atoms with Crippen molar-refractivity contribution in [2.24, 2.45) is 0 Å². The van der Waals surface area contributed by atoms with Crippen LogP contribution in [0.4, 0.5) is 0 Å². The molecule has 0 spiro atoms. The molecule has 0 aliphatic carbocycles. The molecular formula is C11H14O2. The molecule has 13 heavy (non-hydrogen) atoms. The number of hydrogen-bond donors (Lipinski definition) is 1. The largest absolute Gasteiger partial charge is 0.508 e. The van der Waals surface area contributed by atoms with Crippen molar-refractivity contribution in [3.05, 3.63) is 23.8 Å².